The van der Waals surface area contributed by atoms with Gasteiger partial charge in [-0.2, -0.15) is 0 Å². The Morgan fingerprint density at radius 3 is 1.18 bits per heavy atom. The predicted octanol–water partition coefficient (Wildman–Crippen LogP) is 5.07. The van der Waals surface area contributed by atoms with Gasteiger partial charge in [0.05, 0.1) is 0 Å². The van der Waals surface area contributed by atoms with E-state index in [0.29, 0.717) is 0 Å². The molecule has 0 saturated carbocycles. The number of hydrogen-bond donors (Lipinski definition) is 0. The van der Waals surface area contributed by atoms with Crippen molar-refractivity contribution in [1.82, 2.24) is 0 Å². The normalized spacial score (nSPS) is 9.86. The van der Waals surface area contributed by atoms with E-state index in [2.05, 4.69) is 6.92 Å². The molecular weight excluding hydrogens is 285 g/mol. The minimum Gasteiger partial charge on any atom is -0.550 e. The molecular formula is C19H38MgO2. The van der Waals surface area contributed by atoms with Gasteiger partial charge in [-0.1, -0.05) is 96.8 Å². The summed E-state index contributed by atoms with van der Waals surface area (Å²) in [6.45, 7) is 2.27. The Labute approximate surface area is 156 Å². The topological polar surface area (TPSA) is 40.1 Å². The SMILES string of the molecule is CCCCCCCCCCCCCCCCCC(=O)[O-].[CH3-].[Mg+2]. The summed E-state index contributed by atoms with van der Waals surface area (Å²) in [6, 6.07) is 0. The number of carboxylic acids is 1. The van der Waals surface area contributed by atoms with Gasteiger partial charge < -0.3 is 17.3 Å². The van der Waals surface area contributed by atoms with Crippen molar-refractivity contribution in [3.63, 3.8) is 0 Å². The minimum atomic E-state index is -0.903. The van der Waals surface area contributed by atoms with Crippen LogP contribution in [-0.4, -0.2) is 29.0 Å². The van der Waals surface area contributed by atoms with E-state index in [1.807, 2.05) is 0 Å². The smallest absolute Gasteiger partial charge is 0.550 e. The molecule has 0 atom stereocenters. The maximum Gasteiger partial charge on any atom is 2.00 e. The average Bonchev–Trinajstić information content (AvgIpc) is 2.43. The molecule has 0 spiro atoms. The number of hydrogen-bond acceptors (Lipinski definition) is 2. The molecule has 0 aromatic heterocycles. The second kappa shape index (κ2) is 23.5. The van der Waals surface area contributed by atoms with Gasteiger partial charge in [-0.15, -0.1) is 0 Å². The van der Waals surface area contributed by atoms with Crippen molar-refractivity contribution in [2.24, 2.45) is 0 Å². The predicted molar refractivity (Wildman–Crippen MR) is 96.7 cm³/mol. The van der Waals surface area contributed by atoms with E-state index < -0.39 is 5.97 Å². The van der Waals surface area contributed by atoms with Crippen molar-refractivity contribution in [2.75, 3.05) is 0 Å². The van der Waals surface area contributed by atoms with Crippen LogP contribution in [0.3, 0.4) is 0 Å². The van der Waals surface area contributed by atoms with Crippen molar-refractivity contribution in [3.8, 4) is 0 Å². The molecule has 0 heterocycles. The van der Waals surface area contributed by atoms with E-state index in [1.54, 1.807) is 0 Å². The first-order chi connectivity index (χ1) is 9.77. The van der Waals surface area contributed by atoms with Crippen LogP contribution in [-0.2, 0) is 4.79 Å². The number of carbonyl (C=O) groups excluding carboxylic acids is 1. The molecule has 0 fully saturated rings. The molecule has 0 aliphatic heterocycles. The molecule has 0 amide bonds. The van der Waals surface area contributed by atoms with E-state index in [9.17, 15) is 9.90 Å². The molecule has 3 heteroatoms. The van der Waals surface area contributed by atoms with E-state index in [0.717, 1.165) is 12.8 Å². The molecule has 22 heavy (non-hydrogen) atoms. The monoisotopic (exact) mass is 322 g/mol. The Bertz CT molecular complexity index is 208. The molecule has 2 nitrogen and oxygen atoms in total. The fourth-order valence-electron chi connectivity index (χ4n) is 2.64. The Morgan fingerprint density at radius 2 is 0.909 bits per heavy atom. The van der Waals surface area contributed by atoms with Crippen LogP contribution < -0.4 is 5.11 Å². The van der Waals surface area contributed by atoms with Crippen molar-refractivity contribution in [2.45, 2.75) is 110 Å². The first-order valence-corrected chi connectivity index (χ1v) is 8.97. The van der Waals surface area contributed by atoms with E-state index >= 15 is 0 Å². The summed E-state index contributed by atoms with van der Waals surface area (Å²) in [6.07, 6.45) is 19.9. The molecule has 0 unspecified atom stereocenters. The second-order valence-corrected chi connectivity index (χ2v) is 6.07. The maximum atomic E-state index is 10.2. The number of rotatable bonds is 16. The average molecular weight is 323 g/mol. The molecule has 0 bridgehead atoms. The summed E-state index contributed by atoms with van der Waals surface area (Å²) in [4.78, 5) is 10.2. The van der Waals surface area contributed by atoms with Crippen LogP contribution in [0, 0.1) is 7.43 Å². The van der Waals surface area contributed by atoms with Gasteiger partial charge in [0.25, 0.3) is 0 Å². The zero-order chi connectivity index (χ0) is 14.9. The van der Waals surface area contributed by atoms with Crippen molar-refractivity contribution < 1.29 is 9.90 Å². The van der Waals surface area contributed by atoms with Crippen LogP contribution in [0.4, 0.5) is 0 Å². The molecule has 0 aliphatic rings. The summed E-state index contributed by atoms with van der Waals surface area (Å²) in [5.41, 5.74) is 0. The summed E-state index contributed by atoms with van der Waals surface area (Å²) >= 11 is 0. The maximum absolute atomic E-state index is 10.2. The number of aliphatic carboxylic acids is 1. The first kappa shape index (κ1) is 27.1. The third-order valence-electron chi connectivity index (χ3n) is 3.98. The van der Waals surface area contributed by atoms with Crippen molar-refractivity contribution in [1.29, 1.82) is 0 Å². The largest absolute Gasteiger partial charge is 2.00 e. The van der Waals surface area contributed by atoms with Gasteiger partial charge in [-0.3, -0.25) is 0 Å². The molecule has 0 aliphatic carbocycles. The van der Waals surface area contributed by atoms with E-state index in [1.165, 1.54) is 83.5 Å². The quantitative estimate of drug-likeness (QED) is 0.226. The number of carboxylic acid groups (broad SMARTS) is 1. The minimum absolute atomic E-state index is 0. The number of carbonyl (C=O) groups is 1. The van der Waals surface area contributed by atoms with Crippen molar-refractivity contribution >= 4 is 29.0 Å². The fourth-order valence-corrected chi connectivity index (χ4v) is 2.64. The van der Waals surface area contributed by atoms with Crippen LogP contribution in [0.1, 0.15) is 110 Å². The molecule has 0 aromatic rings. The Morgan fingerprint density at radius 1 is 0.636 bits per heavy atom. The van der Waals surface area contributed by atoms with Gasteiger partial charge >= 0.3 is 23.1 Å². The van der Waals surface area contributed by atoms with Crippen LogP contribution in [0.5, 0.6) is 0 Å². The van der Waals surface area contributed by atoms with Crippen molar-refractivity contribution in [3.05, 3.63) is 7.43 Å². The van der Waals surface area contributed by atoms with Crippen LogP contribution in [0.15, 0.2) is 0 Å². The molecule has 0 aromatic carbocycles. The fraction of sp³-hybridized carbons (Fsp3) is 0.895. The van der Waals surface area contributed by atoms with Gasteiger partial charge in [-0.25, -0.2) is 0 Å². The van der Waals surface area contributed by atoms with Gasteiger partial charge in [0.2, 0.25) is 0 Å². The van der Waals surface area contributed by atoms with E-state index in [-0.39, 0.29) is 36.9 Å². The molecule has 0 rings (SSSR count). The van der Waals surface area contributed by atoms with Crippen LogP contribution >= 0.6 is 0 Å². The Kier molecular flexibility index (Phi) is 29.0. The zero-order valence-corrected chi connectivity index (χ0v) is 16.8. The first-order valence-electron chi connectivity index (χ1n) is 8.97. The molecule has 128 valence electrons. The van der Waals surface area contributed by atoms with Gasteiger partial charge in [0, 0.05) is 5.97 Å². The summed E-state index contributed by atoms with van der Waals surface area (Å²) < 4.78 is 0. The third-order valence-corrected chi connectivity index (χ3v) is 3.98. The van der Waals surface area contributed by atoms with Gasteiger partial charge in [0.15, 0.2) is 0 Å². The second-order valence-electron chi connectivity index (χ2n) is 6.07. The summed E-state index contributed by atoms with van der Waals surface area (Å²) in [5.74, 6) is -0.903. The summed E-state index contributed by atoms with van der Waals surface area (Å²) in [7, 11) is 0. The zero-order valence-electron chi connectivity index (χ0n) is 15.3. The van der Waals surface area contributed by atoms with Crippen LogP contribution in [0.25, 0.3) is 0 Å². The standard InChI is InChI=1S/C18H36O2.CH3.Mg/c1-2-3-4-5-6-7-8-9-10-11-12-13-14-15-16-17-18(19)20;;/h2-17H2,1H3,(H,19,20);1H3;/q;-1;+2/p-1. The molecule has 0 N–H and O–H groups in total. The summed E-state index contributed by atoms with van der Waals surface area (Å²) in [5, 5.41) is 10.2. The number of unbranched alkanes of at least 4 members (excludes halogenated alkanes) is 14. The Hall–Kier alpha value is 0.236. The van der Waals surface area contributed by atoms with Gasteiger partial charge in [-0.05, 0) is 12.8 Å². The van der Waals surface area contributed by atoms with E-state index in [4.69, 9.17) is 0 Å². The van der Waals surface area contributed by atoms with Crippen LogP contribution in [0.2, 0.25) is 0 Å². The third kappa shape index (κ3) is 25.2. The molecule has 0 radical (unpaired) electrons. The van der Waals surface area contributed by atoms with Gasteiger partial charge in [0.1, 0.15) is 0 Å². The Balaban J connectivity index is -0.00000180. The molecule has 0 saturated heterocycles.